The second kappa shape index (κ2) is 6.30. The van der Waals surface area contributed by atoms with Gasteiger partial charge in [-0.25, -0.2) is 4.79 Å². The average molecular weight is 248 g/mol. The van der Waals surface area contributed by atoms with Crippen molar-refractivity contribution in [2.75, 3.05) is 0 Å². The molecule has 3 nitrogen and oxygen atoms in total. The maximum absolute atomic E-state index is 10.5. The van der Waals surface area contributed by atoms with Gasteiger partial charge in [0.05, 0.1) is 6.07 Å². The molecule has 0 N–H and O–H groups in total. The Hall–Kier alpha value is -2.69. The average Bonchev–Trinajstić information content (AvgIpc) is 2.49. The molecule has 2 aromatic rings. The fraction of sp³-hybridized carbons (Fsp3) is 0.125. The number of benzene rings is 2. The fourth-order valence-corrected chi connectivity index (χ4v) is 2.11. The van der Waals surface area contributed by atoms with Crippen molar-refractivity contribution in [3.8, 4) is 6.07 Å². The van der Waals surface area contributed by atoms with Gasteiger partial charge in [0.15, 0.2) is 6.04 Å². The molecule has 92 valence electrons. The summed E-state index contributed by atoms with van der Waals surface area (Å²) in [7, 11) is 0. The lowest BCUT2D eigenvalue weighted by Gasteiger charge is -2.19. The molecule has 19 heavy (non-hydrogen) atoms. The van der Waals surface area contributed by atoms with Crippen LogP contribution in [0.25, 0.3) is 0 Å². The summed E-state index contributed by atoms with van der Waals surface area (Å²) < 4.78 is 0. The Bertz CT molecular complexity index is 571. The maximum atomic E-state index is 10.5. The van der Waals surface area contributed by atoms with Crippen LogP contribution in [0.2, 0.25) is 0 Å². The van der Waals surface area contributed by atoms with Crippen molar-refractivity contribution in [1.29, 1.82) is 5.26 Å². The van der Waals surface area contributed by atoms with E-state index in [1.165, 1.54) is 6.08 Å². The number of hydrogen-bond acceptors (Lipinski definition) is 3. The first-order valence-electron chi connectivity index (χ1n) is 5.93. The second-order valence-electron chi connectivity index (χ2n) is 4.09. The standard InChI is InChI=1S/C16H12N2O/c17-11-15(18-12-19)16(13-7-3-1-4-8-13)14-9-5-2-6-10-14/h1-10,15-16H. The van der Waals surface area contributed by atoms with Crippen molar-refractivity contribution < 1.29 is 4.79 Å². The van der Waals surface area contributed by atoms with E-state index >= 15 is 0 Å². The highest BCUT2D eigenvalue weighted by molar-refractivity contribution is 5.41. The first-order valence-corrected chi connectivity index (χ1v) is 5.93. The molecular formula is C16H12N2O. The van der Waals surface area contributed by atoms with Gasteiger partial charge in [-0.05, 0) is 11.1 Å². The van der Waals surface area contributed by atoms with E-state index in [1.807, 2.05) is 60.7 Å². The second-order valence-corrected chi connectivity index (χ2v) is 4.09. The lowest BCUT2D eigenvalue weighted by molar-refractivity contribution is 0.558. The van der Waals surface area contributed by atoms with Crippen molar-refractivity contribution >= 4 is 6.08 Å². The van der Waals surface area contributed by atoms with Gasteiger partial charge in [0.1, 0.15) is 0 Å². The summed E-state index contributed by atoms with van der Waals surface area (Å²) in [4.78, 5) is 14.1. The first kappa shape index (κ1) is 12.8. The van der Waals surface area contributed by atoms with Crippen LogP contribution in [-0.2, 0) is 4.79 Å². The van der Waals surface area contributed by atoms with Crippen LogP contribution in [0, 0.1) is 11.3 Å². The van der Waals surface area contributed by atoms with Crippen molar-refractivity contribution in [2.24, 2.45) is 4.99 Å². The minimum absolute atomic E-state index is 0.256. The Morgan fingerprint density at radius 3 is 1.74 bits per heavy atom. The molecule has 0 bridgehead atoms. The van der Waals surface area contributed by atoms with E-state index in [-0.39, 0.29) is 5.92 Å². The molecule has 2 aromatic carbocycles. The van der Waals surface area contributed by atoms with Crippen LogP contribution in [0.15, 0.2) is 65.7 Å². The van der Waals surface area contributed by atoms with Crippen molar-refractivity contribution in [3.05, 3.63) is 71.8 Å². The van der Waals surface area contributed by atoms with Gasteiger partial charge in [0.25, 0.3) is 0 Å². The highest BCUT2D eigenvalue weighted by Crippen LogP contribution is 2.29. The molecule has 0 heterocycles. The molecule has 0 saturated carbocycles. The van der Waals surface area contributed by atoms with Crippen molar-refractivity contribution in [3.63, 3.8) is 0 Å². The Morgan fingerprint density at radius 1 is 0.895 bits per heavy atom. The number of aliphatic imine (C=N–C) groups is 1. The van der Waals surface area contributed by atoms with Gasteiger partial charge in [-0.1, -0.05) is 60.7 Å². The van der Waals surface area contributed by atoms with E-state index in [4.69, 9.17) is 0 Å². The molecule has 0 spiro atoms. The van der Waals surface area contributed by atoms with Gasteiger partial charge in [-0.15, -0.1) is 0 Å². The number of nitriles is 1. The zero-order chi connectivity index (χ0) is 13.5. The van der Waals surface area contributed by atoms with Crippen LogP contribution in [0.5, 0.6) is 0 Å². The van der Waals surface area contributed by atoms with Crippen LogP contribution in [0.4, 0.5) is 0 Å². The van der Waals surface area contributed by atoms with Crippen LogP contribution in [-0.4, -0.2) is 12.1 Å². The van der Waals surface area contributed by atoms with E-state index in [2.05, 4.69) is 11.1 Å². The zero-order valence-corrected chi connectivity index (χ0v) is 10.2. The summed E-state index contributed by atoms with van der Waals surface area (Å²) in [5.74, 6) is -0.256. The minimum Gasteiger partial charge on any atom is -0.211 e. The van der Waals surface area contributed by atoms with Crippen LogP contribution in [0.3, 0.4) is 0 Å². The third-order valence-electron chi connectivity index (χ3n) is 2.96. The van der Waals surface area contributed by atoms with E-state index in [9.17, 15) is 10.1 Å². The summed E-state index contributed by atoms with van der Waals surface area (Å²) in [5, 5.41) is 9.23. The summed E-state index contributed by atoms with van der Waals surface area (Å²) in [5.41, 5.74) is 1.92. The van der Waals surface area contributed by atoms with E-state index in [0.29, 0.717) is 0 Å². The lowest BCUT2D eigenvalue weighted by atomic mass is 9.86. The minimum atomic E-state index is -0.762. The predicted octanol–water partition coefficient (Wildman–Crippen LogP) is 3.05. The van der Waals surface area contributed by atoms with E-state index in [0.717, 1.165) is 11.1 Å². The quantitative estimate of drug-likeness (QED) is 0.616. The monoisotopic (exact) mass is 248 g/mol. The summed E-state index contributed by atoms with van der Waals surface area (Å²) >= 11 is 0. The summed E-state index contributed by atoms with van der Waals surface area (Å²) in [6, 6.07) is 20.5. The van der Waals surface area contributed by atoms with Gasteiger partial charge < -0.3 is 0 Å². The van der Waals surface area contributed by atoms with Gasteiger partial charge in [-0.2, -0.15) is 10.3 Å². The Morgan fingerprint density at radius 2 is 1.37 bits per heavy atom. The largest absolute Gasteiger partial charge is 0.236 e. The predicted molar refractivity (Wildman–Crippen MR) is 72.2 cm³/mol. The zero-order valence-electron chi connectivity index (χ0n) is 10.2. The van der Waals surface area contributed by atoms with Gasteiger partial charge in [-0.3, -0.25) is 0 Å². The number of rotatable bonds is 4. The molecule has 2 rings (SSSR count). The summed E-state index contributed by atoms with van der Waals surface area (Å²) in [6.45, 7) is 0. The first-order chi connectivity index (χ1) is 9.36. The molecule has 3 heteroatoms. The van der Waals surface area contributed by atoms with Crippen LogP contribution < -0.4 is 0 Å². The lowest BCUT2D eigenvalue weighted by Crippen LogP contribution is -2.16. The van der Waals surface area contributed by atoms with E-state index < -0.39 is 6.04 Å². The Kier molecular flexibility index (Phi) is 4.23. The normalized spacial score (nSPS) is 11.4. The molecule has 0 fully saturated rings. The molecule has 0 aliphatic rings. The molecule has 0 aliphatic carbocycles. The van der Waals surface area contributed by atoms with E-state index in [1.54, 1.807) is 0 Å². The SMILES string of the molecule is N#CC(N=C=O)C(c1ccccc1)c1ccccc1. The third kappa shape index (κ3) is 2.95. The highest BCUT2D eigenvalue weighted by atomic mass is 16.1. The Labute approximate surface area is 111 Å². The molecule has 0 radical (unpaired) electrons. The number of isocyanates is 1. The molecule has 0 saturated heterocycles. The van der Waals surface area contributed by atoms with Gasteiger partial charge >= 0.3 is 0 Å². The van der Waals surface area contributed by atoms with Crippen molar-refractivity contribution in [2.45, 2.75) is 12.0 Å². The molecule has 0 aromatic heterocycles. The number of hydrogen-bond donors (Lipinski definition) is 0. The van der Waals surface area contributed by atoms with Crippen molar-refractivity contribution in [1.82, 2.24) is 0 Å². The van der Waals surface area contributed by atoms with Gasteiger partial charge in [0, 0.05) is 5.92 Å². The Balaban J connectivity index is 2.51. The topological polar surface area (TPSA) is 53.2 Å². The summed E-state index contributed by atoms with van der Waals surface area (Å²) in [6.07, 6.45) is 1.49. The van der Waals surface area contributed by atoms with Crippen LogP contribution >= 0.6 is 0 Å². The molecular weight excluding hydrogens is 236 g/mol. The number of nitrogens with zero attached hydrogens (tertiary/aromatic N) is 2. The maximum Gasteiger partial charge on any atom is 0.236 e. The highest BCUT2D eigenvalue weighted by Gasteiger charge is 2.24. The molecule has 0 amide bonds. The number of carbonyl (C=O) groups excluding carboxylic acids is 1. The fourth-order valence-electron chi connectivity index (χ4n) is 2.11. The van der Waals surface area contributed by atoms with Gasteiger partial charge in [0.2, 0.25) is 6.08 Å². The third-order valence-corrected chi connectivity index (χ3v) is 2.96. The molecule has 1 atom stereocenters. The molecule has 0 aliphatic heterocycles. The van der Waals surface area contributed by atoms with Crippen LogP contribution in [0.1, 0.15) is 17.0 Å². The smallest absolute Gasteiger partial charge is 0.211 e. The molecule has 1 unspecified atom stereocenters.